The van der Waals surface area contributed by atoms with Crippen molar-refractivity contribution in [2.75, 3.05) is 19.0 Å². The molecule has 0 saturated heterocycles. The molecular weight excluding hydrogens is 244 g/mol. The van der Waals surface area contributed by atoms with Crippen LogP contribution in [0, 0.1) is 0 Å². The first-order valence-corrected chi connectivity index (χ1v) is 9.41. The molecule has 0 aromatic carbocycles. The van der Waals surface area contributed by atoms with Crippen LogP contribution in [0.1, 0.15) is 20.3 Å². The Kier molecular flexibility index (Phi) is 10.9. The maximum atomic E-state index is 5.40. The molecule has 2 nitrogen and oxygen atoms in total. The Hall–Kier alpha value is 1.32. The summed E-state index contributed by atoms with van der Waals surface area (Å²) in [6.45, 7) is 5.35. The van der Waals surface area contributed by atoms with Crippen LogP contribution in [-0.2, 0) is 9.47 Å². The van der Waals surface area contributed by atoms with Crippen molar-refractivity contribution in [3.63, 3.8) is 0 Å². The first-order valence-electron chi connectivity index (χ1n) is 4.25. The van der Waals surface area contributed by atoms with Gasteiger partial charge in [-0.15, -0.1) is 32.3 Å². The van der Waals surface area contributed by atoms with Crippen molar-refractivity contribution in [2.45, 2.75) is 26.6 Å². The molecule has 0 heterocycles. The van der Waals surface area contributed by atoms with Gasteiger partial charge in [-0.25, -0.2) is 0 Å². The highest BCUT2D eigenvalue weighted by Gasteiger charge is 2.08. The van der Waals surface area contributed by atoms with Crippen LogP contribution in [0.3, 0.4) is 0 Å². The normalized spacial score (nSPS) is 15.0. The van der Waals surface area contributed by atoms with E-state index in [1.165, 1.54) is 9.83 Å². The van der Waals surface area contributed by atoms with Crippen LogP contribution < -0.4 is 0 Å². The lowest BCUT2D eigenvalue weighted by molar-refractivity contribution is -0.136. The van der Waals surface area contributed by atoms with Gasteiger partial charge in [-0.2, -0.15) is 0 Å². The summed E-state index contributed by atoms with van der Waals surface area (Å²) in [5.41, 5.74) is 0. The number of thiol groups is 3. The van der Waals surface area contributed by atoms with Crippen LogP contribution in [0.15, 0.2) is 0 Å². The van der Waals surface area contributed by atoms with Crippen molar-refractivity contribution in [3.05, 3.63) is 0 Å². The zero-order chi connectivity index (χ0) is 10.1. The first-order chi connectivity index (χ1) is 6.24. The van der Waals surface area contributed by atoms with E-state index >= 15 is 0 Å². The summed E-state index contributed by atoms with van der Waals surface area (Å²) >= 11 is 8.49. The van der Waals surface area contributed by atoms with Crippen LogP contribution in [0.4, 0.5) is 0 Å². The maximum absolute atomic E-state index is 5.40. The second-order valence-electron chi connectivity index (χ2n) is 2.29. The summed E-state index contributed by atoms with van der Waals surface area (Å²) in [5.74, 6) is 1.01. The van der Waals surface area contributed by atoms with Gasteiger partial charge in [0.05, 0.1) is 0 Å². The van der Waals surface area contributed by atoms with E-state index in [4.69, 9.17) is 9.47 Å². The summed E-state index contributed by atoms with van der Waals surface area (Å²) in [7, 11) is 1.20. The Balaban J connectivity index is 3.55. The molecule has 0 N–H and O–H groups in total. The van der Waals surface area contributed by atoms with Crippen LogP contribution in [0.2, 0.25) is 0 Å². The van der Waals surface area contributed by atoms with Gasteiger partial charge in [0.2, 0.25) is 0 Å². The average molecular weight is 262 g/mol. The fourth-order valence-electron chi connectivity index (χ4n) is 0.843. The topological polar surface area (TPSA) is 18.5 Å². The van der Waals surface area contributed by atoms with Crippen molar-refractivity contribution in [2.24, 2.45) is 0 Å². The second kappa shape index (κ2) is 9.86. The van der Waals surface area contributed by atoms with Crippen LogP contribution in [0.25, 0.3) is 0 Å². The van der Waals surface area contributed by atoms with E-state index in [0.717, 1.165) is 12.2 Å². The smallest absolute Gasteiger partial charge is 0.158 e. The van der Waals surface area contributed by atoms with Gasteiger partial charge >= 0.3 is 0 Å². The van der Waals surface area contributed by atoms with Gasteiger partial charge in [0.25, 0.3) is 0 Å². The summed E-state index contributed by atoms with van der Waals surface area (Å²) < 4.78 is 10.8. The van der Waals surface area contributed by atoms with Crippen LogP contribution in [0.5, 0.6) is 0 Å². The molecule has 0 aliphatic carbocycles. The molecular formula is C7H18O2S4. The highest BCUT2D eigenvalue weighted by atomic mass is 33.7. The lowest BCUT2D eigenvalue weighted by atomic mass is 10.5. The molecule has 0 fully saturated rings. The summed E-state index contributed by atoms with van der Waals surface area (Å²) in [5, 5.41) is 0. The standard InChI is InChI=1S/C7H18O2S4/c1-3-8-7(9-4-2)5-6-13(11)12-10/h7,10-11,13H,3-6H2,1-2H3. The number of ether oxygens (including phenoxy) is 2. The molecule has 0 aliphatic heterocycles. The zero-order valence-electron chi connectivity index (χ0n) is 7.97. The SMILES string of the molecule is CCOC(CC[SH](S)SS)OCC. The molecule has 0 amide bonds. The summed E-state index contributed by atoms with van der Waals surface area (Å²) in [6, 6.07) is 0. The molecule has 13 heavy (non-hydrogen) atoms. The van der Waals surface area contributed by atoms with Gasteiger partial charge in [0.1, 0.15) is 0 Å². The lowest BCUT2D eigenvalue weighted by Crippen LogP contribution is -2.18. The van der Waals surface area contributed by atoms with Crippen LogP contribution in [-0.4, -0.2) is 25.3 Å². The number of rotatable bonds is 8. The molecule has 1 unspecified atom stereocenters. The van der Waals surface area contributed by atoms with Crippen molar-refractivity contribution < 1.29 is 9.47 Å². The van der Waals surface area contributed by atoms with Gasteiger partial charge in [-0.1, -0.05) is 0 Å². The minimum absolute atomic E-state index is 0.0624. The zero-order valence-corrected chi connectivity index (χ0v) is 11.5. The predicted octanol–water partition coefficient (Wildman–Crippen LogP) is 3.11. The molecule has 1 atom stereocenters. The fourth-order valence-corrected chi connectivity index (χ4v) is 3.00. The second-order valence-corrected chi connectivity index (χ2v) is 9.14. The number of hydrogen-bond acceptors (Lipinski definition) is 5. The largest absolute Gasteiger partial charge is 0.353 e. The Morgan fingerprint density at radius 1 is 1.31 bits per heavy atom. The van der Waals surface area contributed by atoms with Gasteiger partial charge in [0.15, 0.2) is 6.29 Å². The third-order valence-electron chi connectivity index (χ3n) is 1.36. The minimum atomic E-state index is -0.317. The van der Waals surface area contributed by atoms with Gasteiger partial charge < -0.3 is 9.47 Å². The van der Waals surface area contributed by atoms with E-state index in [-0.39, 0.29) is 15.2 Å². The van der Waals surface area contributed by atoms with Crippen LogP contribution >= 0.6 is 42.1 Å². The average Bonchev–Trinajstić information content (AvgIpc) is 2.14. The lowest BCUT2D eigenvalue weighted by Gasteiger charge is -2.18. The van der Waals surface area contributed by atoms with Gasteiger partial charge in [-0.05, 0) is 29.4 Å². The predicted molar refractivity (Wildman–Crippen MR) is 71.1 cm³/mol. The van der Waals surface area contributed by atoms with Crippen molar-refractivity contribution in [1.82, 2.24) is 0 Å². The third-order valence-corrected chi connectivity index (χ3v) is 7.57. The molecule has 0 aromatic rings. The molecule has 0 aliphatic rings. The molecule has 6 heteroatoms. The Morgan fingerprint density at radius 3 is 2.23 bits per heavy atom. The van der Waals surface area contributed by atoms with E-state index in [2.05, 4.69) is 23.3 Å². The molecule has 0 bridgehead atoms. The monoisotopic (exact) mass is 262 g/mol. The Bertz CT molecular complexity index is 109. The molecule has 0 rings (SSSR count). The van der Waals surface area contributed by atoms with Crippen molar-refractivity contribution in [1.29, 1.82) is 0 Å². The molecule has 0 spiro atoms. The first kappa shape index (κ1) is 14.3. The molecule has 0 saturated carbocycles. The molecule has 82 valence electrons. The van der Waals surface area contributed by atoms with E-state index in [9.17, 15) is 0 Å². The van der Waals surface area contributed by atoms with E-state index < -0.39 is 0 Å². The highest BCUT2D eigenvalue weighted by Crippen LogP contribution is 2.47. The van der Waals surface area contributed by atoms with Gasteiger partial charge in [0, 0.05) is 19.6 Å². The van der Waals surface area contributed by atoms with Crippen molar-refractivity contribution in [3.8, 4) is 0 Å². The fraction of sp³-hybridized carbons (Fsp3) is 1.00. The summed E-state index contributed by atoms with van der Waals surface area (Å²) in [6.07, 6.45) is 0.845. The molecule has 0 aromatic heterocycles. The third kappa shape index (κ3) is 8.32. The minimum Gasteiger partial charge on any atom is -0.353 e. The van der Waals surface area contributed by atoms with E-state index in [0.29, 0.717) is 13.2 Å². The quantitative estimate of drug-likeness (QED) is 0.355. The highest BCUT2D eigenvalue weighted by molar-refractivity contribution is 9.27. The maximum Gasteiger partial charge on any atom is 0.158 e. The molecule has 0 radical (unpaired) electrons. The van der Waals surface area contributed by atoms with E-state index in [1.54, 1.807) is 0 Å². The Labute approximate surface area is 96.9 Å². The Morgan fingerprint density at radius 2 is 1.85 bits per heavy atom. The van der Waals surface area contributed by atoms with Crippen molar-refractivity contribution >= 4 is 42.1 Å². The number of hydrogen-bond donors (Lipinski definition) is 3. The van der Waals surface area contributed by atoms with Gasteiger partial charge in [-0.3, -0.25) is 0 Å². The van der Waals surface area contributed by atoms with E-state index in [1.807, 2.05) is 13.8 Å². The summed E-state index contributed by atoms with van der Waals surface area (Å²) in [4.78, 5) is 0.